The van der Waals surface area contributed by atoms with Crippen LogP contribution in [0.3, 0.4) is 0 Å². The van der Waals surface area contributed by atoms with Crippen LogP contribution in [0.5, 0.6) is 0 Å². The van der Waals surface area contributed by atoms with Gasteiger partial charge in [0, 0.05) is 19.2 Å². The molecule has 1 aromatic heterocycles. The third-order valence-corrected chi connectivity index (χ3v) is 3.56. The zero-order valence-corrected chi connectivity index (χ0v) is 11.2. The van der Waals surface area contributed by atoms with Crippen molar-refractivity contribution in [2.75, 3.05) is 23.7 Å². The molecule has 2 N–H and O–H groups in total. The van der Waals surface area contributed by atoms with E-state index in [1.807, 2.05) is 11.0 Å². The molecule has 0 saturated carbocycles. The number of hydrogen-bond acceptors (Lipinski definition) is 4. The molecule has 0 atom stereocenters. The lowest BCUT2D eigenvalue weighted by Gasteiger charge is -2.13. The van der Waals surface area contributed by atoms with Crippen molar-refractivity contribution >= 4 is 11.6 Å². The Labute approximate surface area is 120 Å². The Balaban J connectivity index is 2.13. The Kier molecular flexibility index (Phi) is 3.22. The molecule has 1 aliphatic rings. The van der Waals surface area contributed by atoms with Crippen LogP contribution in [0.1, 0.15) is 18.4 Å². The van der Waals surface area contributed by atoms with Crippen LogP contribution in [0.2, 0.25) is 0 Å². The minimum atomic E-state index is -0.776. The summed E-state index contributed by atoms with van der Waals surface area (Å²) in [6, 6.07) is 5.16. The Bertz CT molecular complexity index is 726. The van der Waals surface area contributed by atoms with Gasteiger partial charge in [0.1, 0.15) is 29.0 Å². The van der Waals surface area contributed by atoms with Gasteiger partial charge in [-0.05, 0) is 25.0 Å². The molecule has 2 heterocycles. The third kappa shape index (κ3) is 2.18. The molecule has 1 saturated heterocycles. The highest BCUT2D eigenvalue weighted by atomic mass is 19.1. The van der Waals surface area contributed by atoms with E-state index >= 15 is 0 Å². The topological polar surface area (TPSA) is 70.9 Å². The summed E-state index contributed by atoms with van der Waals surface area (Å²) in [5.74, 6) is -0.940. The molecule has 7 heteroatoms. The van der Waals surface area contributed by atoms with Crippen LogP contribution in [0, 0.1) is 23.0 Å². The van der Waals surface area contributed by atoms with Gasteiger partial charge in [-0.2, -0.15) is 5.26 Å². The molecular formula is C14H13F2N5. The second-order valence-electron chi connectivity index (χ2n) is 4.90. The number of nitrogens with zero attached hydrogens (tertiary/aromatic N) is 4. The van der Waals surface area contributed by atoms with Gasteiger partial charge in [0.2, 0.25) is 0 Å². The molecule has 3 rings (SSSR count). The first-order valence-corrected chi connectivity index (χ1v) is 6.61. The number of benzene rings is 1. The van der Waals surface area contributed by atoms with Crippen molar-refractivity contribution in [3.63, 3.8) is 0 Å². The molecule has 21 heavy (non-hydrogen) atoms. The first-order valence-electron chi connectivity index (χ1n) is 6.61. The number of nitrogen functional groups attached to an aromatic ring is 1. The maximum absolute atomic E-state index is 13.9. The molecule has 0 bridgehead atoms. The Morgan fingerprint density at radius 3 is 2.57 bits per heavy atom. The molecule has 0 amide bonds. The van der Waals surface area contributed by atoms with Crippen molar-refractivity contribution in [3.8, 4) is 11.8 Å². The van der Waals surface area contributed by atoms with Crippen molar-refractivity contribution in [2.24, 2.45) is 0 Å². The number of nitrogens with two attached hydrogens (primary N) is 1. The summed E-state index contributed by atoms with van der Waals surface area (Å²) in [5, 5.41) is 13.5. The average Bonchev–Trinajstić information content (AvgIpc) is 3.07. The largest absolute Gasteiger partial charge is 0.382 e. The molecule has 5 nitrogen and oxygen atoms in total. The van der Waals surface area contributed by atoms with E-state index < -0.39 is 11.6 Å². The van der Waals surface area contributed by atoms with Crippen LogP contribution in [0.15, 0.2) is 18.2 Å². The zero-order chi connectivity index (χ0) is 15.0. The lowest BCUT2D eigenvalue weighted by molar-refractivity contribution is 0.574. The quantitative estimate of drug-likeness (QED) is 0.920. The summed E-state index contributed by atoms with van der Waals surface area (Å²) in [7, 11) is 0. The predicted molar refractivity (Wildman–Crippen MR) is 74.1 cm³/mol. The number of hydrogen-bond donors (Lipinski definition) is 1. The first kappa shape index (κ1) is 13.4. The SMILES string of the molecule is N#Cc1c(N2CCCC2)nn(-c2ccc(F)cc2F)c1N. The van der Waals surface area contributed by atoms with Gasteiger partial charge in [-0.1, -0.05) is 0 Å². The molecule has 0 spiro atoms. The van der Waals surface area contributed by atoms with E-state index in [9.17, 15) is 14.0 Å². The smallest absolute Gasteiger partial charge is 0.171 e. The van der Waals surface area contributed by atoms with Crippen LogP contribution in [-0.4, -0.2) is 22.9 Å². The molecular weight excluding hydrogens is 276 g/mol. The van der Waals surface area contributed by atoms with E-state index in [2.05, 4.69) is 5.10 Å². The molecule has 2 aromatic rings. The molecule has 1 aliphatic heterocycles. The van der Waals surface area contributed by atoms with E-state index in [4.69, 9.17) is 5.73 Å². The lowest BCUT2D eigenvalue weighted by atomic mass is 10.3. The molecule has 0 unspecified atom stereocenters. The molecule has 1 aromatic carbocycles. The standard InChI is InChI=1S/C14H13F2N5/c15-9-3-4-12(11(16)7-9)21-13(18)10(8-17)14(19-21)20-5-1-2-6-20/h3-4,7H,1-2,5-6,18H2. The van der Waals surface area contributed by atoms with Crippen LogP contribution in [0.25, 0.3) is 5.69 Å². The summed E-state index contributed by atoms with van der Waals surface area (Å²) in [6.45, 7) is 1.58. The highest BCUT2D eigenvalue weighted by molar-refractivity contribution is 5.67. The number of aromatic nitrogens is 2. The average molecular weight is 289 g/mol. The monoisotopic (exact) mass is 289 g/mol. The van der Waals surface area contributed by atoms with Gasteiger partial charge in [0.15, 0.2) is 11.6 Å². The number of rotatable bonds is 2. The predicted octanol–water partition coefficient (Wildman–Crippen LogP) is 2.20. The molecule has 0 radical (unpaired) electrons. The Hall–Kier alpha value is -2.62. The summed E-state index contributed by atoms with van der Waals surface area (Å²) in [4.78, 5) is 1.95. The Morgan fingerprint density at radius 1 is 1.24 bits per heavy atom. The second kappa shape index (κ2) is 5.05. The summed E-state index contributed by atoms with van der Waals surface area (Å²) in [6.07, 6.45) is 2.03. The van der Waals surface area contributed by atoms with Crippen molar-refractivity contribution < 1.29 is 8.78 Å². The van der Waals surface area contributed by atoms with Crippen LogP contribution in [0.4, 0.5) is 20.4 Å². The van der Waals surface area contributed by atoms with Crippen molar-refractivity contribution in [1.29, 1.82) is 5.26 Å². The fraction of sp³-hybridized carbons (Fsp3) is 0.286. The fourth-order valence-electron chi connectivity index (χ4n) is 2.51. The normalized spacial score (nSPS) is 14.4. The number of nitriles is 1. The van der Waals surface area contributed by atoms with Gasteiger partial charge >= 0.3 is 0 Å². The number of anilines is 2. The maximum Gasteiger partial charge on any atom is 0.171 e. The van der Waals surface area contributed by atoms with Crippen LogP contribution in [-0.2, 0) is 0 Å². The van der Waals surface area contributed by atoms with E-state index in [0.717, 1.165) is 42.7 Å². The van der Waals surface area contributed by atoms with Gasteiger partial charge in [0.25, 0.3) is 0 Å². The second-order valence-corrected chi connectivity index (χ2v) is 4.90. The summed E-state index contributed by atoms with van der Waals surface area (Å²) < 4.78 is 28.0. The first-order chi connectivity index (χ1) is 10.1. The molecule has 1 fully saturated rings. The van der Waals surface area contributed by atoms with E-state index in [1.54, 1.807) is 0 Å². The fourth-order valence-corrected chi connectivity index (χ4v) is 2.51. The third-order valence-electron chi connectivity index (χ3n) is 3.56. The minimum absolute atomic E-state index is 0.0239. The van der Waals surface area contributed by atoms with Crippen LogP contribution < -0.4 is 10.6 Å². The van der Waals surface area contributed by atoms with Crippen LogP contribution >= 0.6 is 0 Å². The van der Waals surface area contributed by atoms with E-state index in [0.29, 0.717) is 5.82 Å². The van der Waals surface area contributed by atoms with E-state index in [1.165, 1.54) is 6.07 Å². The highest BCUT2D eigenvalue weighted by Gasteiger charge is 2.24. The van der Waals surface area contributed by atoms with Gasteiger partial charge in [-0.15, -0.1) is 5.10 Å². The van der Waals surface area contributed by atoms with Crippen molar-refractivity contribution in [2.45, 2.75) is 12.8 Å². The lowest BCUT2D eigenvalue weighted by Crippen LogP contribution is -2.19. The molecule has 108 valence electrons. The molecule has 0 aliphatic carbocycles. The van der Waals surface area contributed by atoms with Gasteiger partial charge in [-0.3, -0.25) is 0 Å². The summed E-state index contributed by atoms with van der Waals surface area (Å²) >= 11 is 0. The van der Waals surface area contributed by atoms with Crippen molar-refractivity contribution in [1.82, 2.24) is 9.78 Å². The van der Waals surface area contributed by atoms with E-state index in [-0.39, 0.29) is 17.1 Å². The Morgan fingerprint density at radius 2 is 1.95 bits per heavy atom. The number of halogens is 2. The maximum atomic E-state index is 13.9. The van der Waals surface area contributed by atoms with Gasteiger partial charge in [0.05, 0.1) is 0 Å². The zero-order valence-electron chi connectivity index (χ0n) is 11.2. The minimum Gasteiger partial charge on any atom is -0.382 e. The van der Waals surface area contributed by atoms with Crippen molar-refractivity contribution in [3.05, 3.63) is 35.4 Å². The highest BCUT2D eigenvalue weighted by Crippen LogP contribution is 2.30. The van der Waals surface area contributed by atoms with Gasteiger partial charge < -0.3 is 10.6 Å². The summed E-state index contributed by atoms with van der Waals surface area (Å²) in [5.41, 5.74) is 6.16. The van der Waals surface area contributed by atoms with Gasteiger partial charge in [-0.25, -0.2) is 13.5 Å².